The van der Waals surface area contributed by atoms with Gasteiger partial charge in [-0.05, 0) is 97.6 Å². The zero-order valence-electron chi connectivity index (χ0n) is 26.1. The van der Waals surface area contributed by atoms with Gasteiger partial charge in [0.1, 0.15) is 11.5 Å². The SMILES string of the molecule is C=C(CO)C(=O)Oc1ccc(-c2ccc(OC(=O)C(=C)CO)c(/C=C/C3CCC(C4CCC(CCCC)CC4)CC3)c2)cc1. The van der Waals surface area contributed by atoms with Gasteiger partial charge in [0.05, 0.1) is 24.4 Å². The van der Waals surface area contributed by atoms with Crippen LogP contribution in [0.4, 0.5) is 0 Å². The number of rotatable bonds is 13. The van der Waals surface area contributed by atoms with Crippen molar-refractivity contribution in [2.75, 3.05) is 13.2 Å². The highest BCUT2D eigenvalue weighted by Gasteiger charge is 2.30. The molecule has 6 nitrogen and oxygen atoms in total. The molecule has 44 heavy (non-hydrogen) atoms. The maximum atomic E-state index is 12.4. The first-order chi connectivity index (χ1) is 21.3. The molecule has 2 saturated carbocycles. The number of esters is 2. The van der Waals surface area contributed by atoms with Gasteiger partial charge >= 0.3 is 11.9 Å². The first-order valence-electron chi connectivity index (χ1n) is 16.3. The van der Waals surface area contributed by atoms with Crippen molar-refractivity contribution < 1.29 is 29.3 Å². The molecule has 0 unspecified atom stereocenters. The number of unbranched alkanes of at least 4 members (excludes halogenated alkanes) is 1. The summed E-state index contributed by atoms with van der Waals surface area (Å²) in [6.45, 7) is 8.45. The fourth-order valence-corrected chi connectivity index (χ4v) is 6.64. The van der Waals surface area contributed by atoms with Gasteiger partial charge in [-0.2, -0.15) is 0 Å². The minimum atomic E-state index is -0.674. The second-order valence-electron chi connectivity index (χ2n) is 12.5. The van der Waals surface area contributed by atoms with Crippen LogP contribution in [0.1, 0.15) is 83.1 Å². The Morgan fingerprint density at radius 2 is 1.36 bits per heavy atom. The van der Waals surface area contributed by atoms with Crippen LogP contribution in [0.15, 0.2) is 72.8 Å². The zero-order valence-corrected chi connectivity index (χ0v) is 26.1. The quantitative estimate of drug-likeness (QED) is 0.137. The van der Waals surface area contributed by atoms with Gasteiger partial charge in [-0.25, -0.2) is 9.59 Å². The Morgan fingerprint density at radius 1 is 0.795 bits per heavy atom. The molecule has 2 aliphatic carbocycles. The van der Waals surface area contributed by atoms with E-state index in [2.05, 4.69) is 26.2 Å². The molecule has 0 saturated heterocycles. The van der Waals surface area contributed by atoms with Gasteiger partial charge in [-0.15, -0.1) is 0 Å². The lowest BCUT2D eigenvalue weighted by atomic mass is 9.68. The van der Waals surface area contributed by atoms with E-state index in [1.165, 1.54) is 70.6 Å². The van der Waals surface area contributed by atoms with Gasteiger partial charge in [0.25, 0.3) is 0 Å². The molecule has 2 aromatic carbocycles. The molecule has 0 radical (unpaired) electrons. The standard InChI is InChI=1S/C38H48O6/c1-4-5-6-28-7-12-30(13-8-28)31-14-9-29(10-15-31)11-16-34-23-33(19-22-36(34)44-38(42)27(3)25-40)32-17-20-35(21-18-32)43-37(41)26(2)24-39/h11,16-23,28-31,39-40H,2-10,12-15,24-25H2,1H3/b16-11+. The number of carbonyl (C=O) groups excluding carboxylic acids is 2. The number of ether oxygens (including phenoxy) is 2. The monoisotopic (exact) mass is 600 g/mol. The number of aliphatic hydroxyl groups is 2. The second kappa shape index (κ2) is 16.6. The first kappa shape index (κ1) is 33.4. The smallest absolute Gasteiger partial charge is 0.341 e. The molecule has 0 aromatic heterocycles. The lowest BCUT2D eigenvalue weighted by Crippen LogP contribution is -2.25. The van der Waals surface area contributed by atoms with Crippen molar-refractivity contribution in [3.8, 4) is 22.6 Å². The number of hydrogen-bond donors (Lipinski definition) is 2. The summed E-state index contributed by atoms with van der Waals surface area (Å²) in [7, 11) is 0. The molecular weight excluding hydrogens is 552 g/mol. The maximum absolute atomic E-state index is 12.4. The third-order valence-electron chi connectivity index (χ3n) is 9.46. The summed E-state index contributed by atoms with van der Waals surface area (Å²) < 4.78 is 10.9. The van der Waals surface area contributed by atoms with E-state index in [1.54, 1.807) is 18.2 Å². The van der Waals surface area contributed by atoms with E-state index < -0.39 is 25.2 Å². The predicted molar refractivity (Wildman–Crippen MR) is 175 cm³/mol. The van der Waals surface area contributed by atoms with E-state index in [4.69, 9.17) is 14.6 Å². The Hall–Kier alpha value is -3.48. The molecule has 2 fully saturated rings. The summed E-state index contributed by atoms with van der Waals surface area (Å²) in [6, 6.07) is 12.6. The lowest BCUT2D eigenvalue weighted by molar-refractivity contribution is -0.131. The fraction of sp³-hybridized carbons (Fsp3) is 0.474. The van der Waals surface area contributed by atoms with Gasteiger partial charge in [0.2, 0.25) is 0 Å². The minimum absolute atomic E-state index is 0.00394. The predicted octanol–water partition coefficient (Wildman–Crippen LogP) is 8.08. The van der Waals surface area contributed by atoms with Gasteiger partial charge in [-0.1, -0.05) is 82.5 Å². The molecule has 6 heteroatoms. The molecular formula is C38H48O6. The van der Waals surface area contributed by atoms with Crippen molar-refractivity contribution in [3.05, 3.63) is 78.4 Å². The van der Waals surface area contributed by atoms with Crippen molar-refractivity contribution >= 4 is 18.0 Å². The van der Waals surface area contributed by atoms with E-state index in [0.29, 0.717) is 17.4 Å². The lowest BCUT2D eigenvalue weighted by Gasteiger charge is -2.37. The van der Waals surface area contributed by atoms with E-state index in [9.17, 15) is 14.7 Å². The van der Waals surface area contributed by atoms with Gasteiger partial charge in [0.15, 0.2) is 0 Å². The normalized spacial score (nSPS) is 22.0. The minimum Gasteiger partial charge on any atom is -0.423 e. The molecule has 0 bridgehead atoms. The average molecular weight is 601 g/mol. The third-order valence-corrected chi connectivity index (χ3v) is 9.46. The zero-order chi connectivity index (χ0) is 31.5. The van der Waals surface area contributed by atoms with Crippen LogP contribution in [-0.2, 0) is 9.59 Å². The van der Waals surface area contributed by atoms with Crippen molar-refractivity contribution in [1.29, 1.82) is 0 Å². The highest BCUT2D eigenvalue weighted by atomic mass is 16.5. The van der Waals surface area contributed by atoms with E-state index in [-0.39, 0.29) is 11.1 Å². The topological polar surface area (TPSA) is 93.1 Å². The molecule has 2 aromatic rings. The summed E-state index contributed by atoms with van der Waals surface area (Å²) in [5.41, 5.74) is 2.54. The number of aliphatic hydroxyl groups excluding tert-OH is 2. The summed E-state index contributed by atoms with van der Waals surface area (Å²) in [5, 5.41) is 18.4. The van der Waals surface area contributed by atoms with Crippen LogP contribution in [0.25, 0.3) is 17.2 Å². The van der Waals surface area contributed by atoms with Crippen molar-refractivity contribution in [1.82, 2.24) is 0 Å². The van der Waals surface area contributed by atoms with Crippen LogP contribution in [-0.4, -0.2) is 35.4 Å². The maximum Gasteiger partial charge on any atom is 0.341 e. The van der Waals surface area contributed by atoms with Crippen LogP contribution < -0.4 is 9.47 Å². The van der Waals surface area contributed by atoms with Crippen molar-refractivity contribution in [2.24, 2.45) is 23.7 Å². The fourth-order valence-electron chi connectivity index (χ4n) is 6.64. The van der Waals surface area contributed by atoms with Crippen molar-refractivity contribution in [3.63, 3.8) is 0 Å². The molecule has 2 aliphatic rings. The summed E-state index contributed by atoms with van der Waals surface area (Å²) in [5.74, 6) is 2.60. The molecule has 2 N–H and O–H groups in total. The van der Waals surface area contributed by atoms with Crippen molar-refractivity contribution in [2.45, 2.75) is 77.6 Å². The van der Waals surface area contributed by atoms with Gasteiger partial charge in [-0.3, -0.25) is 0 Å². The highest BCUT2D eigenvalue weighted by Crippen LogP contribution is 2.43. The largest absolute Gasteiger partial charge is 0.423 e. The van der Waals surface area contributed by atoms with E-state index in [1.807, 2.05) is 30.3 Å². The Bertz CT molecular complexity index is 1310. The first-order valence-corrected chi connectivity index (χ1v) is 16.3. The van der Waals surface area contributed by atoms with Gasteiger partial charge < -0.3 is 19.7 Å². The molecule has 4 rings (SSSR count). The molecule has 0 atom stereocenters. The summed E-state index contributed by atoms with van der Waals surface area (Å²) >= 11 is 0. The molecule has 0 aliphatic heterocycles. The Balaban J connectivity index is 1.43. The Morgan fingerprint density at radius 3 is 1.95 bits per heavy atom. The van der Waals surface area contributed by atoms with Crippen LogP contribution in [0.5, 0.6) is 11.5 Å². The van der Waals surface area contributed by atoms with E-state index >= 15 is 0 Å². The molecule has 236 valence electrons. The average Bonchev–Trinajstić information content (AvgIpc) is 3.06. The summed E-state index contributed by atoms with van der Waals surface area (Å²) in [6.07, 6.45) is 18.9. The van der Waals surface area contributed by atoms with Crippen LogP contribution >= 0.6 is 0 Å². The molecule has 0 spiro atoms. The molecule has 0 heterocycles. The van der Waals surface area contributed by atoms with Crippen LogP contribution in [0.2, 0.25) is 0 Å². The number of hydrogen-bond acceptors (Lipinski definition) is 6. The third kappa shape index (κ3) is 9.26. The number of benzene rings is 2. The number of carbonyl (C=O) groups is 2. The van der Waals surface area contributed by atoms with E-state index in [0.717, 1.165) is 34.4 Å². The van der Waals surface area contributed by atoms with Gasteiger partial charge in [0, 0.05) is 5.56 Å². The Kier molecular flexibility index (Phi) is 12.6. The molecule has 0 amide bonds. The Labute approximate surface area is 262 Å². The van der Waals surface area contributed by atoms with Crippen LogP contribution in [0, 0.1) is 23.7 Å². The van der Waals surface area contributed by atoms with Crippen LogP contribution in [0.3, 0.4) is 0 Å². The number of allylic oxidation sites excluding steroid dienone is 1. The second-order valence-corrected chi connectivity index (χ2v) is 12.5. The highest BCUT2D eigenvalue weighted by molar-refractivity contribution is 5.91. The summed E-state index contributed by atoms with van der Waals surface area (Å²) in [4.78, 5) is 24.4.